The molecule has 0 saturated carbocycles. The first-order chi connectivity index (χ1) is 4.97. The molecular weight excluding hydrogens is 190 g/mol. The third kappa shape index (κ3) is 2.90. The van der Waals surface area contributed by atoms with Gasteiger partial charge in [-0.2, -0.15) is 0 Å². The van der Waals surface area contributed by atoms with Gasteiger partial charge in [0.1, 0.15) is 11.5 Å². The highest BCUT2D eigenvalue weighted by atomic mass is 35.7. The molecule has 1 rings (SSSR count). The number of halogens is 1. The van der Waals surface area contributed by atoms with Crippen molar-refractivity contribution in [3.63, 3.8) is 0 Å². The quantitative estimate of drug-likeness (QED) is 0.662. The standard InChI is InChI=1S/C5H6ClNO3S/c1-4-7-2-5(10-4)3-11(6,8)9/h2H,3H2,1H3. The third-order valence-corrected chi connectivity index (χ3v) is 1.94. The second kappa shape index (κ2) is 2.83. The van der Waals surface area contributed by atoms with Gasteiger partial charge in [-0.25, -0.2) is 13.4 Å². The van der Waals surface area contributed by atoms with Gasteiger partial charge in [0, 0.05) is 17.6 Å². The van der Waals surface area contributed by atoms with Crippen molar-refractivity contribution in [3.05, 3.63) is 17.8 Å². The van der Waals surface area contributed by atoms with Crippen molar-refractivity contribution in [1.29, 1.82) is 0 Å². The summed E-state index contributed by atoms with van der Waals surface area (Å²) in [5.41, 5.74) is 0. The topological polar surface area (TPSA) is 60.2 Å². The summed E-state index contributed by atoms with van der Waals surface area (Å²) in [5, 5.41) is 0. The Kier molecular flexibility index (Phi) is 2.20. The van der Waals surface area contributed by atoms with Gasteiger partial charge < -0.3 is 4.42 Å². The molecule has 0 aromatic carbocycles. The Morgan fingerprint density at radius 3 is 2.73 bits per heavy atom. The van der Waals surface area contributed by atoms with Crippen LogP contribution in [0.25, 0.3) is 0 Å². The number of oxazole rings is 1. The number of rotatable bonds is 2. The van der Waals surface area contributed by atoms with Gasteiger partial charge in [-0.15, -0.1) is 0 Å². The van der Waals surface area contributed by atoms with Crippen LogP contribution in [0.2, 0.25) is 0 Å². The van der Waals surface area contributed by atoms with E-state index in [0.29, 0.717) is 5.89 Å². The Balaban J connectivity index is 2.81. The van der Waals surface area contributed by atoms with Crippen molar-refractivity contribution in [2.75, 3.05) is 0 Å². The monoisotopic (exact) mass is 195 g/mol. The van der Waals surface area contributed by atoms with E-state index in [1.54, 1.807) is 6.92 Å². The maximum atomic E-state index is 10.5. The van der Waals surface area contributed by atoms with Crippen LogP contribution < -0.4 is 0 Å². The highest BCUT2D eigenvalue weighted by Crippen LogP contribution is 2.09. The van der Waals surface area contributed by atoms with E-state index in [0.717, 1.165) is 0 Å². The molecule has 0 amide bonds. The summed E-state index contributed by atoms with van der Waals surface area (Å²) < 4.78 is 25.9. The molecule has 0 unspecified atom stereocenters. The summed E-state index contributed by atoms with van der Waals surface area (Å²) >= 11 is 0. The van der Waals surface area contributed by atoms with Gasteiger partial charge in [0.25, 0.3) is 0 Å². The molecule has 1 heterocycles. The Labute approximate surface area is 68.6 Å². The lowest BCUT2D eigenvalue weighted by molar-refractivity contribution is 0.487. The van der Waals surface area contributed by atoms with Crippen molar-refractivity contribution in [2.24, 2.45) is 0 Å². The van der Waals surface area contributed by atoms with Crippen LogP contribution in [-0.2, 0) is 14.8 Å². The zero-order valence-electron chi connectivity index (χ0n) is 5.74. The zero-order chi connectivity index (χ0) is 8.48. The van der Waals surface area contributed by atoms with E-state index in [1.807, 2.05) is 0 Å². The molecule has 0 N–H and O–H groups in total. The number of aryl methyl sites for hydroxylation is 1. The molecule has 0 atom stereocenters. The van der Waals surface area contributed by atoms with Crippen LogP contribution in [0.3, 0.4) is 0 Å². The first-order valence-electron chi connectivity index (χ1n) is 2.81. The van der Waals surface area contributed by atoms with Crippen LogP contribution in [-0.4, -0.2) is 13.4 Å². The Hall–Kier alpha value is -0.550. The highest BCUT2D eigenvalue weighted by Gasteiger charge is 2.10. The second-order valence-corrected chi connectivity index (χ2v) is 4.81. The normalized spacial score (nSPS) is 11.8. The molecule has 0 aliphatic heterocycles. The Bertz CT molecular complexity index is 342. The maximum Gasteiger partial charge on any atom is 0.239 e. The summed E-state index contributed by atoms with van der Waals surface area (Å²) in [6, 6.07) is 0. The van der Waals surface area contributed by atoms with Crippen LogP contribution in [0, 0.1) is 6.92 Å². The van der Waals surface area contributed by atoms with Gasteiger partial charge >= 0.3 is 0 Å². The van der Waals surface area contributed by atoms with Crippen molar-refractivity contribution in [3.8, 4) is 0 Å². The molecule has 62 valence electrons. The summed E-state index contributed by atoms with van der Waals surface area (Å²) in [6.45, 7) is 1.63. The Morgan fingerprint density at radius 2 is 2.36 bits per heavy atom. The molecule has 0 fully saturated rings. The fourth-order valence-corrected chi connectivity index (χ4v) is 1.44. The average Bonchev–Trinajstić information content (AvgIpc) is 2.10. The molecule has 0 radical (unpaired) electrons. The van der Waals surface area contributed by atoms with Gasteiger partial charge in [-0.3, -0.25) is 0 Å². The van der Waals surface area contributed by atoms with E-state index >= 15 is 0 Å². The van der Waals surface area contributed by atoms with Gasteiger partial charge in [-0.05, 0) is 0 Å². The summed E-state index contributed by atoms with van der Waals surface area (Å²) in [6.07, 6.45) is 1.34. The van der Waals surface area contributed by atoms with Crippen molar-refractivity contribution in [2.45, 2.75) is 12.7 Å². The fraction of sp³-hybridized carbons (Fsp3) is 0.400. The highest BCUT2D eigenvalue weighted by molar-refractivity contribution is 8.13. The van der Waals surface area contributed by atoms with E-state index in [2.05, 4.69) is 4.98 Å². The van der Waals surface area contributed by atoms with E-state index in [1.165, 1.54) is 6.20 Å². The molecule has 1 aromatic rings. The lowest BCUT2D eigenvalue weighted by Crippen LogP contribution is -1.92. The predicted octanol–water partition coefficient (Wildman–Crippen LogP) is 1.05. The average molecular weight is 196 g/mol. The first kappa shape index (κ1) is 8.55. The lowest BCUT2D eigenvalue weighted by Gasteiger charge is -1.88. The zero-order valence-corrected chi connectivity index (χ0v) is 7.32. The maximum absolute atomic E-state index is 10.5. The van der Waals surface area contributed by atoms with E-state index in [9.17, 15) is 8.42 Å². The van der Waals surface area contributed by atoms with Gasteiger partial charge in [-0.1, -0.05) is 0 Å². The summed E-state index contributed by atoms with van der Waals surface area (Å²) in [5.74, 6) is 0.382. The molecule has 1 aromatic heterocycles. The van der Waals surface area contributed by atoms with Crippen LogP contribution >= 0.6 is 10.7 Å². The van der Waals surface area contributed by atoms with Crippen molar-refractivity contribution in [1.82, 2.24) is 4.98 Å². The third-order valence-electron chi connectivity index (χ3n) is 0.984. The second-order valence-electron chi connectivity index (χ2n) is 2.03. The molecule has 11 heavy (non-hydrogen) atoms. The van der Waals surface area contributed by atoms with Gasteiger partial charge in [0.15, 0.2) is 5.89 Å². The molecule has 0 aliphatic rings. The number of nitrogens with zero attached hydrogens (tertiary/aromatic N) is 1. The van der Waals surface area contributed by atoms with Crippen LogP contribution in [0.1, 0.15) is 11.7 Å². The van der Waals surface area contributed by atoms with Crippen molar-refractivity contribution >= 4 is 19.7 Å². The molecule has 4 nitrogen and oxygen atoms in total. The number of hydrogen-bond donors (Lipinski definition) is 0. The number of hydrogen-bond acceptors (Lipinski definition) is 4. The van der Waals surface area contributed by atoms with E-state index in [-0.39, 0.29) is 11.5 Å². The first-order valence-corrected chi connectivity index (χ1v) is 5.29. The molecule has 0 aliphatic carbocycles. The minimum Gasteiger partial charge on any atom is -0.445 e. The van der Waals surface area contributed by atoms with Crippen molar-refractivity contribution < 1.29 is 12.8 Å². The van der Waals surface area contributed by atoms with E-state index in [4.69, 9.17) is 15.1 Å². The predicted molar refractivity (Wildman–Crippen MR) is 39.7 cm³/mol. The molecular formula is C5H6ClNO3S. The SMILES string of the molecule is Cc1ncc(CS(=O)(=O)Cl)o1. The van der Waals surface area contributed by atoms with E-state index < -0.39 is 9.05 Å². The minimum atomic E-state index is -3.53. The molecule has 0 bridgehead atoms. The summed E-state index contributed by atoms with van der Waals surface area (Å²) in [7, 11) is 1.44. The number of aromatic nitrogens is 1. The van der Waals surface area contributed by atoms with Gasteiger partial charge in [0.2, 0.25) is 9.05 Å². The molecule has 6 heteroatoms. The minimum absolute atomic E-state index is 0.262. The Morgan fingerprint density at radius 1 is 1.73 bits per heavy atom. The summed E-state index contributed by atoms with van der Waals surface area (Å²) in [4.78, 5) is 3.71. The largest absolute Gasteiger partial charge is 0.445 e. The fourth-order valence-electron chi connectivity index (χ4n) is 0.642. The van der Waals surface area contributed by atoms with Gasteiger partial charge in [0.05, 0.1) is 6.20 Å². The molecule has 0 spiro atoms. The van der Waals surface area contributed by atoms with Crippen LogP contribution in [0.5, 0.6) is 0 Å². The lowest BCUT2D eigenvalue weighted by atomic mass is 10.6. The smallest absolute Gasteiger partial charge is 0.239 e. The van der Waals surface area contributed by atoms with Crippen LogP contribution in [0.15, 0.2) is 10.6 Å². The molecule has 0 saturated heterocycles. The van der Waals surface area contributed by atoms with Crippen LogP contribution in [0.4, 0.5) is 0 Å².